The number of methoxy groups -OCH3 is 1. The van der Waals surface area contributed by atoms with Crippen molar-refractivity contribution in [1.29, 1.82) is 0 Å². The molecule has 0 bridgehead atoms. The van der Waals surface area contributed by atoms with E-state index in [-0.39, 0.29) is 6.04 Å². The summed E-state index contributed by atoms with van der Waals surface area (Å²) < 4.78 is 5.58. The fraction of sp³-hybridized carbons (Fsp3) is 0.294. The van der Waals surface area contributed by atoms with Crippen LogP contribution in [0.25, 0.3) is 16.8 Å². The summed E-state index contributed by atoms with van der Waals surface area (Å²) in [4.78, 5) is 11.7. The summed E-state index contributed by atoms with van der Waals surface area (Å²) in [5.74, 6) is 0.827. The fourth-order valence-electron chi connectivity index (χ4n) is 3.28. The zero-order valence-corrected chi connectivity index (χ0v) is 12.4. The average molecular weight is 279 g/mol. The van der Waals surface area contributed by atoms with Crippen LogP contribution in [0.1, 0.15) is 26.0 Å². The maximum absolute atomic E-state index is 5.58. The number of nitrogens with zero attached hydrogens (tertiary/aromatic N) is 3. The van der Waals surface area contributed by atoms with Gasteiger partial charge in [0.2, 0.25) is 0 Å². The standard InChI is InChI=1S/C17H17N3O/c1-4-12-10(2)20-8-6-13-15-11(5-7-18-13)9-14(21-3)16(19-12)17(15)20/h5-10H,4H2,1-3H3. The molecule has 21 heavy (non-hydrogen) atoms. The van der Waals surface area contributed by atoms with Gasteiger partial charge in [0.15, 0.2) is 0 Å². The van der Waals surface area contributed by atoms with Crippen LogP contribution in [0.5, 0.6) is 5.75 Å². The SMILES string of the molecule is CCC1=Nc2c(OC)cc3ccnc4c3c2N(C=C4)C1C. The van der Waals surface area contributed by atoms with Gasteiger partial charge >= 0.3 is 0 Å². The number of rotatable bonds is 2. The van der Waals surface area contributed by atoms with Crippen molar-refractivity contribution in [3.63, 3.8) is 0 Å². The van der Waals surface area contributed by atoms with Crippen molar-refractivity contribution >= 4 is 33.9 Å². The normalized spacial score (nSPS) is 18.9. The van der Waals surface area contributed by atoms with Crippen LogP contribution in [-0.2, 0) is 0 Å². The van der Waals surface area contributed by atoms with Gasteiger partial charge < -0.3 is 9.64 Å². The van der Waals surface area contributed by atoms with E-state index in [9.17, 15) is 0 Å². The molecule has 4 nitrogen and oxygen atoms in total. The second-order valence-electron chi connectivity index (χ2n) is 5.43. The summed E-state index contributed by atoms with van der Waals surface area (Å²) in [5.41, 5.74) is 4.24. The van der Waals surface area contributed by atoms with Gasteiger partial charge in [-0.2, -0.15) is 0 Å². The van der Waals surface area contributed by atoms with E-state index in [1.807, 2.05) is 12.3 Å². The Labute approximate surface area is 123 Å². The summed E-state index contributed by atoms with van der Waals surface area (Å²) in [5, 5.41) is 2.31. The third-order valence-electron chi connectivity index (χ3n) is 4.38. The lowest BCUT2D eigenvalue weighted by atomic mass is 9.97. The molecule has 4 rings (SSSR count). The number of pyridine rings is 1. The Morgan fingerprint density at radius 2 is 2.24 bits per heavy atom. The van der Waals surface area contributed by atoms with E-state index < -0.39 is 0 Å². The Bertz CT molecular complexity index is 807. The number of aromatic nitrogens is 1. The molecule has 1 atom stereocenters. The van der Waals surface area contributed by atoms with Gasteiger partial charge in [0.1, 0.15) is 11.4 Å². The Balaban J connectivity index is 2.16. The van der Waals surface area contributed by atoms with Crippen LogP contribution in [0.3, 0.4) is 0 Å². The maximum atomic E-state index is 5.58. The van der Waals surface area contributed by atoms with E-state index in [0.717, 1.165) is 34.6 Å². The topological polar surface area (TPSA) is 37.7 Å². The smallest absolute Gasteiger partial charge is 0.147 e. The highest BCUT2D eigenvalue weighted by molar-refractivity contribution is 6.13. The Morgan fingerprint density at radius 3 is 3.00 bits per heavy atom. The van der Waals surface area contributed by atoms with E-state index in [4.69, 9.17) is 9.73 Å². The highest BCUT2D eigenvalue weighted by atomic mass is 16.5. The van der Waals surface area contributed by atoms with E-state index in [1.54, 1.807) is 7.11 Å². The number of hydrogen-bond acceptors (Lipinski definition) is 4. The second-order valence-corrected chi connectivity index (χ2v) is 5.43. The van der Waals surface area contributed by atoms with Crippen molar-refractivity contribution in [1.82, 2.24) is 4.98 Å². The predicted molar refractivity (Wildman–Crippen MR) is 86.7 cm³/mol. The maximum Gasteiger partial charge on any atom is 0.147 e. The fourth-order valence-corrected chi connectivity index (χ4v) is 3.28. The van der Waals surface area contributed by atoms with Gasteiger partial charge in [0, 0.05) is 23.5 Å². The molecular formula is C17H17N3O. The lowest BCUT2D eigenvalue weighted by Gasteiger charge is -2.37. The summed E-state index contributed by atoms with van der Waals surface area (Å²) in [7, 11) is 1.70. The zero-order chi connectivity index (χ0) is 14.6. The first-order chi connectivity index (χ1) is 10.2. The van der Waals surface area contributed by atoms with Gasteiger partial charge in [-0.1, -0.05) is 6.92 Å². The Morgan fingerprint density at radius 1 is 1.38 bits per heavy atom. The van der Waals surface area contributed by atoms with Crippen molar-refractivity contribution in [3.05, 3.63) is 30.2 Å². The van der Waals surface area contributed by atoms with E-state index >= 15 is 0 Å². The molecule has 0 aliphatic carbocycles. The third-order valence-corrected chi connectivity index (χ3v) is 4.38. The molecule has 0 spiro atoms. The van der Waals surface area contributed by atoms with Crippen molar-refractivity contribution in [2.45, 2.75) is 26.3 Å². The molecule has 0 radical (unpaired) electrons. The third kappa shape index (κ3) is 1.56. The quantitative estimate of drug-likeness (QED) is 0.836. The van der Waals surface area contributed by atoms with E-state index in [0.29, 0.717) is 0 Å². The van der Waals surface area contributed by atoms with Crippen LogP contribution in [0.15, 0.2) is 29.5 Å². The molecule has 4 heteroatoms. The van der Waals surface area contributed by atoms with Gasteiger partial charge in [0.25, 0.3) is 0 Å². The molecule has 0 saturated carbocycles. The molecule has 0 saturated heterocycles. The molecule has 3 heterocycles. The van der Waals surface area contributed by atoms with Crippen LogP contribution >= 0.6 is 0 Å². The molecule has 2 aromatic rings. The van der Waals surface area contributed by atoms with Crippen LogP contribution in [0.4, 0.5) is 11.4 Å². The van der Waals surface area contributed by atoms with Crippen LogP contribution in [0, 0.1) is 0 Å². The minimum Gasteiger partial charge on any atom is -0.494 e. The minimum absolute atomic E-state index is 0.266. The molecule has 1 unspecified atom stereocenters. The summed E-state index contributed by atoms with van der Waals surface area (Å²) in [6.45, 7) is 4.34. The lowest BCUT2D eigenvalue weighted by Crippen LogP contribution is -2.38. The first-order valence-electron chi connectivity index (χ1n) is 7.28. The zero-order valence-electron chi connectivity index (χ0n) is 12.4. The van der Waals surface area contributed by atoms with Crippen LogP contribution in [0.2, 0.25) is 0 Å². The van der Waals surface area contributed by atoms with Crippen LogP contribution < -0.4 is 9.64 Å². The Kier molecular flexibility index (Phi) is 2.55. The summed E-state index contributed by atoms with van der Waals surface area (Å²) >= 11 is 0. The van der Waals surface area contributed by atoms with Crippen molar-refractivity contribution in [2.75, 3.05) is 12.0 Å². The first kappa shape index (κ1) is 12.4. The molecular weight excluding hydrogens is 262 g/mol. The molecule has 0 fully saturated rings. The van der Waals surface area contributed by atoms with Gasteiger partial charge in [0.05, 0.1) is 24.5 Å². The highest BCUT2D eigenvalue weighted by Gasteiger charge is 2.31. The number of aliphatic imine (C=N–C) groups is 1. The molecule has 0 amide bonds. The largest absolute Gasteiger partial charge is 0.494 e. The molecule has 1 aromatic carbocycles. The number of benzene rings is 1. The van der Waals surface area contributed by atoms with Crippen molar-refractivity contribution < 1.29 is 4.74 Å². The van der Waals surface area contributed by atoms with Gasteiger partial charge in [-0.25, -0.2) is 4.99 Å². The second kappa shape index (κ2) is 4.32. The van der Waals surface area contributed by atoms with Crippen LogP contribution in [-0.4, -0.2) is 23.8 Å². The average Bonchev–Trinajstić information content (AvgIpc) is 2.53. The molecule has 0 N–H and O–H groups in total. The summed E-state index contributed by atoms with van der Waals surface area (Å²) in [6.07, 6.45) is 6.98. The molecule has 1 aromatic heterocycles. The van der Waals surface area contributed by atoms with Crippen molar-refractivity contribution in [2.24, 2.45) is 4.99 Å². The van der Waals surface area contributed by atoms with Gasteiger partial charge in [-0.15, -0.1) is 0 Å². The first-order valence-corrected chi connectivity index (χ1v) is 7.28. The molecule has 2 aliphatic rings. The lowest BCUT2D eigenvalue weighted by molar-refractivity contribution is 0.416. The highest BCUT2D eigenvalue weighted by Crippen LogP contribution is 2.49. The van der Waals surface area contributed by atoms with Gasteiger partial charge in [-0.3, -0.25) is 4.98 Å². The Hall–Kier alpha value is -2.36. The van der Waals surface area contributed by atoms with Gasteiger partial charge in [-0.05, 0) is 36.9 Å². The van der Waals surface area contributed by atoms with E-state index in [2.05, 4.69) is 42.1 Å². The monoisotopic (exact) mass is 279 g/mol. The number of ether oxygens (including phenoxy) is 1. The van der Waals surface area contributed by atoms with Crippen molar-refractivity contribution in [3.8, 4) is 5.75 Å². The number of hydrogen-bond donors (Lipinski definition) is 0. The number of anilines is 1. The minimum atomic E-state index is 0.266. The van der Waals surface area contributed by atoms with E-state index in [1.165, 1.54) is 11.1 Å². The molecule has 2 aliphatic heterocycles. The molecule has 106 valence electrons. The predicted octanol–water partition coefficient (Wildman–Crippen LogP) is 3.92. The summed E-state index contributed by atoms with van der Waals surface area (Å²) in [6, 6.07) is 4.36.